The van der Waals surface area contributed by atoms with Gasteiger partial charge in [-0.15, -0.1) is 0 Å². The van der Waals surface area contributed by atoms with Crippen molar-refractivity contribution in [1.82, 2.24) is 20.1 Å². The molecule has 0 aromatic carbocycles. The highest BCUT2D eigenvalue weighted by Crippen LogP contribution is 2.25. The van der Waals surface area contributed by atoms with E-state index < -0.39 is 0 Å². The number of rotatable bonds is 7. The third-order valence-electron chi connectivity index (χ3n) is 3.32. The topological polar surface area (TPSA) is 42.7 Å². The Morgan fingerprint density at radius 2 is 2.25 bits per heavy atom. The number of pyridine rings is 1. The van der Waals surface area contributed by atoms with Crippen molar-refractivity contribution in [2.75, 3.05) is 6.54 Å². The third kappa shape index (κ3) is 3.81. The lowest BCUT2D eigenvalue weighted by Crippen LogP contribution is -2.25. The van der Waals surface area contributed by atoms with Crippen molar-refractivity contribution in [3.8, 4) is 0 Å². The minimum Gasteiger partial charge on any atom is -0.309 e. The molecule has 0 saturated carbocycles. The van der Waals surface area contributed by atoms with Crippen LogP contribution < -0.4 is 5.32 Å². The van der Waals surface area contributed by atoms with Gasteiger partial charge >= 0.3 is 0 Å². The number of nitrogens with one attached hydrogen (secondary N) is 1. The fraction of sp³-hybridized carbons (Fsp3) is 0.467. The Labute approximate surface area is 125 Å². The monoisotopic (exact) mass is 292 g/mol. The van der Waals surface area contributed by atoms with Gasteiger partial charge in [0.25, 0.3) is 0 Å². The van der Waals surface area contributed by atoms with Crippen LogP contribution >= 0.6 is 11.6 Å². The lowest BCUT2D eigenvalue weighted by molar-refractivity contribution is 0.466. The predicted molar refractivity (Wildman–Crippen MR) is 81.8 cm³/mol. The number of hydrogen-bond acceptors (Lipinski definition) is 3. The highest BCUT2D eigenvalue weighted by Gasteiger charge is 2.18. The zero-order valence-corrected chi connectivity index (χ0v) is 12.8. The Balaban J connectivity index is 2.08. The van der Waals surface area contributed by atoms with E-state index in [4.69, 9.17) is 11.6 Å². The summed E-state index contributed by atoms with van der Waals surface area (Å²) in [5.41, 5.74) is 2.16. The van der Waals surface area contributed by atoms with Gasteiger partial charge in [0.1, 0.15) is 0 Å². The molecule has 0 bridgehead atoms. The second-order valence-corrected chi connectivity index (χ2v) is 5.28. The van der Waals surface area contributed by atoms with Crippen LogP contribution in [0, 0.1) is 0 Å². The fourth-order valence-electron chi connectivity index (χ4n) is 2.30. The van der Waals surface area contributed by atoms with Crippen LogP contribution in [0.5, 0.6) is 0 Å². The van der Waals surface area contributed by atoms with Crippen molar-refractivity contribution < 1.29 is 0 Å². The number of aromatic nitrogens is 3. The minimum atomic E-state index is 0.206. The van der Waals surface area contributed by atoms with Gasteiger partial charge in [-0.3, -0.25) is 9.67 Å². The molecule has 0 aliphatic rings. The number of halogens is 1. The summed E-state index contributed by atoms with van der Waals surface area (Å²) in [5.74, 6) is 0. The molecule has 0 aliphatic heterocycles. The molecule has 5 heteroatoms. The van der Waals surface area contributed by atoms with Crippen LogP contribution in [0.3, 0.4) is 0 Å². The summed E-state index contributed by atoms with van der Waals surface area (Å²) >= 11 is 6.26. The highest BCUT2D eigenvalue weighted by molar-refractivity contribution is 6.31. The number of nitrogens with zero attached hydrogens (tertiary/aromatic N) is 3. The Morgan fingerprint density at radius 3 is 2.85 bits per heavy atom. The molecule has 1 unspecified atom stereocenters. The highest BCUT2D eigenvalue weighted by atomic mass is 35.5. The first-order chi connectivity index (χ1) is 9.72. The van der Waals surface area contributed by atoms with Crippen LogP contribution in [-0.4, -0.2) is 21.3 Å². The first kappa shape index (κ1) is 15.0. The van der Waals surface area contributed by atoms with Crippen LogP contribution in [0.2, 0.25) is 5.02 Å². The molecule has 4 nitrogen and oxygen atoms in total. The molecule has 2 aromatic heterocycles. The van der Waals surface area contributed by atoms with Crippen molar-refractivity contribution in [2.24, 2.45) is 7.05 Å². The van der Waals surface area contributed by atoms with E-state index in [1.807, 2.05) is 30.1 Å². The van der Waals surface area contributed by atoms with Gasteiger partial charge in [-0.1, -0.05) is 24.6 Å². The third-order valence-corrected chi connectivity index (χ3v) is 3.61. The molecular formula is C15H21ClN4. The van der Waals surface area contributed by atoms with Crippen LogP contribution in [-0.2, 0) is 13.5 Å². The van der Waals surface area contributed by atoms with E-state index >= 15 is 0 Å². The van der Waals surface area contributed by atoms with Crippen molar-refractivity contribution >= 4 is 11.6 Å². The van der Waals surface area contributed by atoms with Crippen molar-refractivity contribution in [1.29, 1.82) is 0 Å². The summed E-state index contributed by atoms with van der Waals surface area (Å²) in [6.07, 6.45) is 6.51. The molecule has 0 saturated heterocycles. The maximum absolute atomic E-state index is 6.26. The number of hydrogen-bond donors (Lipinski definition) is 1. The van der Waals surface area contributed by atoms with Gasteiger partial charge in [0.2, 0.25) is 0 Å². The Bertz CT molecular complexity index is 504. The van der Waals surface area contributed by atoms with Crippen molar-refractivity contribution in [3.63, 3.8) is 0 Å². The quantitative estimate of drug-likeness (QED) is 0.852. The smallest absolute Gasteiger partial charge is 0.0834 e. The Hall–Kier alpha value is -1.39. The Kier molecular flexibility index (Phi) is 5.56. The molecule has 2 rings (SSSR count). The van der Waals surface area contributed by atoms with E-state index in [0.717, 1.165) is 42.2 Å². The van der Waals surface area contributed by atoms with Gasteiger partial charge in [0, 0.05) is 18.9 Å². The molecule has 0 aliphatic carbocycles. The van der Waals surface area contributed by atoms with E-state index in [-0.39, 0.29) is 6.04 Å². The zero-order chi connectivity index (χ0) is 14.4. The maximum atomic E-state index is 6.26. The van der Waals surface area contributed by atoms with Crippen molar-refractivity contribution in [3.05, 3.63) is 47.0 Å². The standard InChI is InChI=1S/C15H21ClN4/c1-3-9-18-14(15-13(16)11-19-20(15)2)8-7-12-6-4-5-10-17-12/h4-6,10-11,14,18H,3,7-9H2,1-2H3. The minimum absolute atomic E-state index is 0.206. The van der Waals surface area contributed by atoms with Gasteiger partial charge in [-0.25, -0.2) is 0 Å². The summed E-state index contributed by atoms with van der Waals surface area (Å²) in [6.45, 7) is 3.13. The molecule has 0 fully saturated rings. The molecule has 0 radical (unpaired) electrons. The van der Waals surface area contributed by atoms with E-state index in [0.29, 0.717) is 0 Å². The van der Waals surface area contributed by atoms with Crippen LogP contribution in [0.1, 0.15) is 37.2 Å². The maximum Gasteiger partial charge on any atom is 0.0834 e. The van der Waals surface area contributed by atoms with Gasteiger partial charge in [0.05, 0.1) is 23.0 Å². The first-order valence-electron chi connectivity index (χ1n) is 7.03. The molecule has 1 N–H and O–H groups in total. The van der Waals surface area contributed by atoms with Crippen LogP contribution in [0.4, 0.5) is 0 Å². The Morgan fingerprint density at radius 1 is 1.40 bits per heavy atom. The average Bonchev–Trinajstić information content (AvgIpc) is 2.80. The van der Waals surface area contributed by atoms with Crippen LogP contribution in [0.15, 0.2) is 30.6 Å². The predicted octanol–water partition coefficient (Wildman–Crippen LogP) is 3.14. The summed E-state index contributed by atoms with van der Waals surface area (Å²) in [7, 11) is 1.93. The normalized spacial score (nSPS) is 12.6. The van der Waals surface area contributed by atoms with Crippen molar-refractivity contribution in [2.45, 2.75) is 32.2 Å². The largest absolute Gasteiger partial charge is 0.309 e. The molecule has 0 amide bonds. The van der Waals surface area contributed by atoms with E-state index in [2.05, 4.69) is 28.4 Å². The summed E-state index contributed by atoms with van der Waals surface area (Å²) < 4.78 is 1.86. The summed E-state index contributed by atoms with van der Waals surface area (Å²) in [5, 5.41) is 8.50. The summed E-state index contributed by atoms with van der Waals surface area (Å²) in [4.78, 5) is 4.37. The molecule has 2 aromatic rings. The van der Waals surface area contributed by atoms with E-state index in [9.17, 15) is 0 Å². The van der Waals surface area contributed by atoms with Gasteiger partial charge < -0.3 is 5.32 Å². The van der Waals surface area contributed by atoms with Gasteiger partial charge in [-0.05, 0) is 37.9 Å². The molecule has 2 heterocycles. The molecule has 20 heavy (non-hydrogen) atoms. The second kappa shape index (κ2) is 7.41. The number of aryl methyl sites for hydroxylation is 2. The lowest BCUT2D eigenvalue weighted by Gasteiger charge is -2.19. The average molecular weight is 293 g/mol. The summed E-state index contributed by atoms with van der Waals surface area (Å²) in [6, 6.07) is 6.22. The molecular weight excluding hydrogens is 272 g/mol. The fourth-order valence-corrected chi connectivity index (χ4v) is 2.60. The van der Waals surface area contributed by atoms with Gasteiger partial charge in [0.15, 0.2) is 0 Å². The van der Waals surface area contributed by atoms with Gasteiger partial charge in [-0.2, -0.15) is 5.10 Å². The molecule has 0 spiro atoms. The SMILES string of the molecule is CCCNC(CCc1ccccn1)c1c(Cl)cnn1C. The molecule has 108 valence electrons. The zero-order valence-electron chi connectivity index (χ0n) is 12.0. The van der Waals surface area contributed by atoms with Crippen LogP contribution in [0.25, 0.3) is 0 Å². The van der Waals surface area contributed by atoms with E-state index in [1.165, 1.54) is 0 Å². The second-order valence-electron chi connectivity index (χ2n) is 4.87. The first-order valence-corrected chi connectivity index (χ1v) is 7.40. The van der Waals surface area contributed by atoms with E-state index in [1.54, 1.807) is 6.20 Å². The molecule has 1 atom stereocenters. The lowest BCUT2D eigenvalue weighted by atomic mass is 10.1.